The number of piperidine rings is 1. The number of aromatic nitrogens is 1. The van der Waals surface area contributed by atoms with Crippen molar-refractivity contribution in [1.82, 2.24) is 15.2 Å². The number of nitrogens with one attached hydrogen (secondary N) is 2. The van der Waals surface area contributed by atoms with E-state index >= 15 is 0 Å². The molecule has 1 atom stereocenters. The monoisotopic (exact) mass is 411 g/mol. The van der Waals surface area contributed by atoms with Crippen LogP contribution in [-0.2, 0) is 9.53 Å². The second-order valence-corrected chi connectivity index (χ2v) is 9.42. The number of carbonyl (C=O) groups excluding carboxylic acids is 2. The molecule has 0 unspecified atom stereocenters. The molecule has 162 valence electrons. The van der Waals surface area contributed by atoms with Gasteiger partial charge >= 0.3 is 0 Å². The minimum Gasteiger partial charge on any atom is -0.370 e. The van der Waals surface area contributed by atoms with Crippen molar-refractivity contribution in [3.63, 3.8) is 0 Å². The van der Waals surface area contributed by atoms with Gasteiger partial charge in [0.15, 0.2) is 0 Å². The number of rotatable bonds is 5. The summed E-state index contributed by atoms with van der Waals surface area (Å²) >= 11 is 0. The van der Waals surface area contributed by atoms with Gasteiger partial charge in [0.25, 0.3) is 5.91 Å². The molecule has 2 amide bonds. The molecule has 2 fully saturated rings. The van der Waals surface area contributed by atoms with Crippen molar-refractivity contribution in [3.8, 4) is 0 Å². The molecule has 2 aromatic rings. The number of amides is 2. The van der Waals surface area contributed by atoms with Crippen molar-refractivity contribution in [1.29, 1.82) is 0 Å². The molecule has 30 heavy (non-hydrogen) atoms. The highest BCUT2D eigenvalue weighted by Gasteiger charge is 2.43. The molecule has 4 rings (SSSR count). The molecule has 0 aliphatic carbocycles. The van der Waals surface area contributed by atoms with E-state index in [0.717, 1.165) is 49.7 Å². The molecule has 6 heteroatoms. The highest BCUT2D eigenvalue weighted by Crippen LogP contribution is 2.39. The smallest absolute Gasteiger partial charge is 0.267 e. The van der Waals surface area contributed by atoms with Crippen molar-refractivity contribution in [2.75, 3.05) is 19.6 Å². The summed E-state index contributed by atoms with van der Waals surface area (Å²) in [5.41, 5.74) is 2.61. The van der Waals surface area contributed by atoms with Crippen molar-refractivity contribution >= 4 is 22.7 Å². The Hall–Kier alpha value is -2.34. The van der Waals surface area contributed by atoms with Gasteiger partial charge in [0.2, 0.25) is 5.91 Å². The number of hydrogen-bond donors (Lipinski definition) is 2. The molecule has 0 radical (unpaired) electrons. The third-order valence-corrected chi connectivity index (χ3v) is 6.46. The molecule has 1 aromatic heterocycles. The lowest BCUT2D eigenvalue weighted by Gasteiger charge is -2.39. The molecule has 2 N–H and O–H groups in total. The number of carbonyl (C=O) groups is 2. The average Bonchev–Trinajstić information content (AvgIpc) is 3.30. The van der Waals surface area contributed by atoms with Gasteiger partial charge in [0, 0.05) is 37.0 Å². The zero-order valence-corrected chi connectivity index (χ0v) is 18.3. The first-order chi connectivity index (χ1) is 14.3. The lowest BCUT2D eigenvalue weighted by molar-refractivity contribution is -0.138. The van der Waals surface area contributed by atoms with Crippen LogP contribution in [0.1, 0.15) is 62.0 Å². The third kappa shape index (κ3) is 4.53. The summed E-state index contributed by atoms with van der Waals surface area (Å²) in [6.45, 7) is 8.28. The predicted molar refractivity (Wildman–Crippen MR) is 117 cm³/mol. The van der Waals surface area contributed by atoms with E-state index in [1.54, 1.807) is 0 Å². The Kier molecular flexibility index (Phi) is 5.87. The van der Waals surface area contributed by atoms with Gasteiger partial charge in [-0.1, -0.05) is 25.5 Å². The Balaban J connectivity index is 1.27. The number of nitrogens with zero attached hydrogens (tertiary/aromatic N) is 1. The Morgan fingerprint density at radius 3 is 2.73 bits per heavy atom. The van der Waals surface area contributed by atoms with Crippen molar-refractivity contribution < 1.29 is 14.3 Å². The Morgan fingerprint density at radius 2 is 2.00 bits per heavy atom. The van der Waals surface area contributed by atoms with Crippen LogP contribution in [0.4, 0.5) is 0 Å². The maximum Gasteiger partial charge on any atom is 0.267 e. The maximum absolute atomic E-state index is 12.6. The van der Waals surface area contributed by atoms with Gasteiger partial charge in [-0.2, -0.15) is 0 Å². The lowest BCUT2D eigenvalue weighted by atomic mass is 9.88. The van der Waals surface area contributed by atoms with Crippen LogP contribution in [0, 0.1) is 12.8 Å². The van der Waals surface area contributed by atoms with Gasteiger partial charge in [0.05, 0.1) is 11.7 Å². The number of benzene rings is 1. The summed E-state index contributed by atoms with van der Waals surface area (Å²) in [5, 5.41) is 4.08. The number of likely N-dealkylation sites (tertiary alicyclic amines) is 1. The van der Waals surface area contributed by atoms with E-state index in [0.29, 0.717) is 24.6 Å². The third-order valence-electron chi connectivity index (χ3n) is 6.46. The minimum absolute atomic E-state index is 0.0403. The number of H-pyrrole nitrogens is 1. The van der Waals surface area contributed by atoms with Crippen molar-refractivity contribution in [3.05, 3.63) is 35.5 Å². The minimum atomic E-state index is -0.122. The first-order valence-electron chi connectivity index (χ1n) is 11.2. The summed E-state index contributed by atoms with van der Waals surface area (Å²) in [7, 11) is 0. The average molecular weight is 412 g/mol. The van der Waals surface area contributed by atoms with Crippen LogP contribution < -0.4 is 5.32 Å². The summed E-state index contributed by atoms with van der Waals surface area (Å²) in [6.07, 6.45) is 4.40. The molecule has 0 bridgehead atoms. The standard InChI is InChI=1S/C24H33N3O3/c1-16(2)12-22(28)27-10-8-24(9-11-27)7-6-19(30-24)15-25-23(29)21-14-18-13-17(3)4-5-20(18)26-21/h4-5,13-14,16,19,26H,6-12,15H2,1-3H3,(H,25,29)/t19-/m0/s1. The normalized spacial score (nSPS) is 20.9. The van der Waals surface area contributed by atoms with E-state index in [9.17, 15) is 9.59 Å². The van der Waals surface area contributed by atoms with Crippen LogP contribution in [0.25, 0.3) is 10.9 Å². The number of hydrogen-bond acceptors (Lipinski definition) is 3. The molecule has 1 aromatic carbocycles. The number of fused-ring (bicyclic) bond motifs is 1. The second kappa shape index (κ2) is 8.42. The first-order valence-corrected chi connectivity index (χ1v) is 11.2. The zero-order chi connectivity index (χ0) is 21.3. The van der Waals surface area contributed by atoms with Crippen LogP contribution in [0.15, 0.2) is 24.3 Å². The quantitative estimate of drug-likeness (QED) is 0.786. The highest BCUT2D eigenvalue weighted by atomic mass is 16.5. The highest BCUT2D eigenvalue weighted by molar-refractivity contribution is 5.98. The SMILES string of the molecule is Cc1ccc2[nH]c(C(=O)NC[C@@H]3CCC4(CCN(C(=O)CC(C)C)CC4)O3)cc2c1. The molecule has 6 nitrogen and oxygen atoms in total. The lowest BCUT2D eigenvalue weighted by Crippen LogP contribution is -2.47. The van der Waals surface area contributed by atoms with Crippen LogP contribution in [0.2, 0.25) is 0 Å². The van der Waals surface area contributed by atoms with E-state index in [1.807, 2.05) is 30.0 Å². The molecule has 1 spiro atoms. The van der Waals surface area contributed by atoms with Gasteiger partial charge in [-0.3, -0.25) is 9.59 Å². The van der Waals surface area contributed by atoms with Gasteiger partial charge in [-0.15, -0.1) is 0 Å². The van der Waals surface area contributed by atoms with E-state index < -0.39 is 0 Å². The largest absolute Gasteiger partial charge is 0.370 e. The van der Waals surface area contributed by atoms with E-state index in [1.165, 1.54) is 5.56 Å². The number of aromatic amines is 1. The van der Waals surface area contributed by atoms with Gasteiger partial charge in [0.1, 0.15) is 5.69 Å². The fourth-order valence-corrected chi connectivity index (χ4v) is 4.73. The van der Waals surface area contributed by atoms with Crippen molar-refractivity contribution in [2.45, 2.75) is 64.6 Å². The molecular formula is C24H33N3O3. The summed E-state index contributed by atoms with van der Waals surface area (Å²) in [5.74, 6) is 0.558. The molecule has 2 saturated heterocycles. The Labute approximate surface area is 178 Å². The van der Waals surface area contributed by atoms with Gasteiger partial charge in [-0.25, -0.2) is 0 Å². The summed E-state index contributed by atoms with van der Waals surface area (Å²) in [6, 6.07) is 8.01. The molecule has 3 heterocycles. The second-order valence-electron chi connectivity index (χ2n) is 9.42. The summed E-state index contributed by atoms with van der Waals surface area (Å²) < 4.78 is 6.40. The molecule has 2 aliphatic heterocycles. The predicted octanol–water partition coefficient (Wildman–Crippen LogP) is 3.79. The van der Waals surface area contributed by atoms with Crippen LogP contribution in [0.5, 0.6) is 0 Å². The fraction of sp³-hybridized carbons (Fsp3) is 0.583. The Morgan fingerprint density at radius 1 is 1.23 bits per heavy atom. The van der Waals surface area contributed by atoms with E-state index in [4.69, 9.17) is 4.74 Å². The topological polar surface area (TPSA) is 74.4 Å². The van der Waals surface area contributed by atoms with Crippen LogP contribution in [-0.4, -0.2) is 53.0 Å². The summed E-state index contributed by atoms with van der Waals surface area (Å²) in [4.78, 5) is 30.1. The fourth-order valence-electron chi connectivity index (χ4n) is 4.73. The molecule has 0 saturated carbocycles. The Bertz CT molecular complexity index is 925. The van der Waals surface area contributed by atoms with E-state index in [2.05, 4.69) is 30.2 Å². The van der Waals surface area contributed by atoms with Crippen LogP contribution in [0.3, 0.4) is 0 Å². The van der Waals surface area contributed by atoms with Crippen molar-refractivity contribution in [2.24, 2.45) is 5.92 Å². The molecular weight excluding hydrogens is 378 g/mol. The van der Waals surface area contributed by atoms with Gasteiger partial charge < -0.3 is 19.9 Å². The zero-order valence-electron chi connectivity index (χ0n) is 18.3. The molecule has 2 aliphatic rings. The van der Waals surface area contributed by atoms with E-state index in [-0.39, 0.29) is 23.5 Å². The van der Waals surface area contributed by atoms with Crippen LogP contribution >= 0.6 is 0 Å². The number of ether oxygens (including phenoxy) is 1. The number of aryl methyl sites for hydroxylation is 1. The maximum atomic E-state index is 12.6. The first kappa shape index (κ1) is 20.9. The van der Waals surface area contributed by atoms with Gasteiger partial charge in [-0.05, 0) is 56.7 Å².